The van der Waals surface area contributed by atoms with Crippen molar-refractivity contribution in [2.24, 2.45) is 0 Å². The van der Waals surface area contributed by atoms with Gasteiger partial charge >= 0.3 is 0 Å². The average Bonchev–Trinajstić information content (AvgIpc) is 2.82. The summed E-state index contributed by atoms with van der Waals surface area (Å²) in [6.45, 7) is 2.30. The van der Waals surface area contributed by atoms with Gasteiger partial charge in [0, 0.05) is 19.2 Å². The molecule has 0 saturated heterocycles. The highest BCUT2D eigenvalue weighted by molar-refractivity contribution is 7.92. The molecule has 3 aromatic rings. The topological polar surface area (TPSA) is 75.7 Å². The maximum atomic E-state index is 13.2. The number of hydrogen-bond donors (Lipinski definition) is 1. The Balaban J connectivity index is 1.74. The van der Waals surface area contributed by atoms with Crippen molar-refractivity contribution in [3.05, 3.63) is 89.5 Å². The number of carbonyl (C=O) groups is 1. The third kappa shape index (κ3) is 5.29. The molecule has 3 rings (SSSR count). The Morgan fingerprint density at radius 1 is 1.00 bits per heavy atom. The number of nitrogens with zero attached hydrogens (tertiary/aromatic N) is 1. The predicted molar refractivity (Wildman–Crippen MR) is 127 cm³/mol. The highest BCUT2D eigenvalue weighted by Crippen LogP contribution is 2.31. The van der Waals surface area contributed by atoms with Crippen LogP contribution in [0.25, 0.3) is 0 Å². The minimum absolute atomic E-state index is 0.0472. The van der Waals surface area contributed by atoms with Gasteiger partial charge in [-0.2, -0.15) is 0 Å². The van der Waals surface area contributed by atoms with E-state index in [0.29, 0.717) is 29.1 Å². The zero-order valence-electron chi connectivity index (χ0n) is 18.5. The lowest BCUT2D eigenvalue weighted by atomic mass is 10.1. The van der Waals surface area contributed by atoms with Gasteiger partial charge in [0.2, 0.25) is 0 Å². The maximum absolute atomic E-state index is 13.2. The second-order valence-electron chi connectivity index (χ2n) is 7.47. The Morgan fingerprint density at radius 2 is 1.69 bits per heavy atom. The number of para-hydroxylation sites is 2. The molecule has 6 nitrogen and oxygen atoms in total. The second-order valence-corrected chi connectivity index (χ2v) is 9.44. The number of rotatable bonds is 9. The van der Waals surface area contributed by atoms with Crippen molar-refractivity contribution < 1.29 is 17.9 Å². The summed E-state index contributed by atoms with van der Waals surface area (Å²) in [6.07, 6.45) is 1.65. The van der Waals surface area contributed by atoms with Crippen LogP contribution >= 0.6 is 0 Å². The fourth-order valence-corrected chi connectivity index (χ4v) is 4.65. The number of nitrogens with one attached hydrogen (secondary N) is 1. The number of carbonyl (C=O) groups excluding carboxylic acids is 1. The van der Waals surface area contributed by atoms with E-state index in [-0.39, 0.29) is 10.8 Å². The predicted octanol–water partition coefficient (Wildman–Crippen LogP) is 4.19. The van der Waals surface area contributed by atoms with Gasteiger partial charge in [0.1, 0.15) is 5.75 Å². The number of aryl methyl sites for hydroxylation is 2. The number of ether oxygens (including phenoxy) is 1. The van der Waals surface area contributed by atoms with Crippen molar-refractivity contribution in [3.63, 3.8) is 0 Å². The number of amides is 1. The van der Waals surface area contributed by atoms with E-state index in [1.54, 1.807) is 37.3 Å². The van der Waals surface area contributed by atoms with Crippen LogP contribution in [0, 0.1) is 6.92 Å². The van der Waals surface area contributed by atoms with Gasteiger partial charge in [0.25, 0.3) is 15.9 Å². The quantitative estimate of drug-likeness (QED) is 0.494. The van der Waals surface area contributed by atoms with E-state index in [1.807, 2.05) is 18.2 Å². The summed E-state index contributed by atoms with van der Waals surface area (Å²) in [5, 5.41) is 2.90. The first kappa shape index (κ1) is 23.3. The number of anilines is 1. The van der Waals surface area contributed by atoms with Crippen LogP contribution in [0.3, 0.4) is 0 Å². The molecule has 1 amide bonds. The van der Waals surface area contributed by atoms with Gasteiger partial charge in [0.15, 0.2) is 0 Å². The molecular weight excluding hydrogens is 424 g/mol. The van der Waals surface area contributed by atoms with Crippen LogP contribution < -0.4 is 14.4 Å². The molecule has 0 aromatic heterocycles. The summed E-state index contributed by atoms with van der Waals surface area (Å²) < 4.78 is 32.9. The third-order valence-electron chi connectivity index (χ3n) is 5.31. The SMILES string of the molecule is COc1ccccc1N(C)S(=O)(=O)c1ccc(C)c(C(=O)NCCCc2ccccc2)c1. The molecule has 0 atom stereocenters. The largest absolute Gasteiger partial charge is 0.495 e. The van der Waals surface area contributed by atoms with E-state index in [4.69, 9.17) is 4.74 Å². The molecule has 0 bridgehead atoms. The highest BCUT2D eigenvalue weighted by Gasteiger charge is 2.25. The Bertz CT molecular complexity index is 1180. The normalized spacial score (nSPS) is 11.1. The zero-order chi connectivity index (χ0) is 23.1. The lowest BCUT2D eigenvalue weighted by molar-refractivity contribution is 0.0952. The Kier molecular flexibility index (Phi) is 7.53. The van der Waals surface area contributed by atoms with Gasteiger partial charge in [-0.05, 0) is 55.2 Å². The van der Waals surface area contributed by atoms with E-state index >= 15 is 0 Å². The average molecular weight is 453 g/mol. The monoisotopic (exact) mass is 452 g/mol. The molecule has 0 unspecified atom stereocenters. The van der Waals surface area contributed by atoms with Crippen LogP contribution in [0.15, 0.2) is 77.7 Å². The molecule has 0 heterocycles. The van der Waals surface area contributed by atoms with Crippen LogP contribution in [0.5, 0.6) is 5.75 Å². The van der Waals surface area contributed by atoms with Gasteiger partial charge in [-0.1, -0.05) is 48.5 Å². The summed E-state index contributed by atoms with van der Waals surface area (Å²) in [7, 11) is -0.925. The van der Waals surface area contributed by atoms with E-state index in [9.17, 15) is 13.2 Å². The van der Waals surface area contributed by atoms with Crippen molar-refractivity contribution in [2.75, 3.05) is 25.0 Å². The molecular formula is C25H28N2O4S. The van der Waals surface area contributed by atoms with Crippen LogP contribution in [0.4, 0.5) is 5.69 Å². The molecule has 0 aliphatic rings. The molecule has 0 aliphatic heterocycles. The minimum Gasteiger partial charge on any atom is -0.495 e. The lowest BCUT2D eigenvalue weighted by Crippen LogP contribution is -2.28. The van der Waals surface area contributed by atoms with Crippen LogP contribution in [0.2, 0.25) is 0 Å². The molecule has 32 heavy (non-hydrogen) atoms. The maximum Gasteiger partial charge on any atom is 0.264 e. The van der Waals surface area contributed by atoms with Gasteiger partial charge in [-0.25, -0.2) is 8.42 Å². The van der Waals surface area contributed by atoms with Crippen LogP contribution in [-0.4, -0.2) is 35.0 Å². The number of benzene rings is 3. The van der Waals surface area contributed by atoms with Gasteiger partial charge in [-0.3, -0.25) is 9.10 Å². The van der Waals surface area contributed by atoms with Crippen molar-refractivity contribution in [1.82, 2.24) is 5.32 Å². The van der Waals surface area contributed by atoms with E-state index in [0.717, 1.165) is 17.1 Å². The standard InChI is InChI=1S/C25H28N2O4S/c1-19-15-16-21(32(29,30)27(2)23-13-7-8-14-24(23)31-3)18-22(19)25(28)26-17-9-12-20-10-5-4-6-11-20/h4-8,10-11,13-16,18H,9,12,17H2,1-3H3,(H,26,28). The molecule has 0 saturated carbocycles. The first-order valence-electron chi connectivity index (χ1n) is 10.4. The molecule has 168 valence electrons. The van der Waals surface area contributed by atoms with E-state index in [1.165, 1.54) is 31.9 Å². The Labute approximate surface area is 189 Å². The first-order valence-corrected chi connectivity index (χ1v) is 11.8. The van der Waals surface area contributed by atoms with Gasteiger partial charge in [0.05, 0.1) is 17.7 Å². The summed E-state index contributed by atoms with van der Waals surface area (Å²) in [4.78, 5) is 12.8. The van der Waals surface area contributed by atoms with Crippen LogP contribution in [-0.2, 0) is 16.4 Å². The number of methoxy groups -OCH3 is 1. The molecule has 1 N–H and O–H groups in total. The lowest BCUT2D eigenvalue weighted by Gasteiger charge is -2.22. The molecule has 0 radical (unpaired) electrons. The Hall–Kier alpha value is -3.32. The molecule has 7 heteroatoms. The van der Waals surface area contributed by atoms with Gasteiger partial charge < -0.3 is 10.1 Å². The van der Waals surface area contributed by atoms with Gasteiger partial charge in [-0.15, -0.1) is 0 Å². The van der Waals surface area contributed by atoms with Crippen molar-refractivity contribution in [1.29, 1.82) is 0 Å². The summed E-state index contributed by atoms with van der Waals surface area (Å²) >= 11 is 0. The molecule has 3 aromatic carbocycles. The minimum atomic E-state index is -3.89. The van der Waals surface area contributed by atoms with E-state index in [2.05, 4.69) is 17.4 Å². The summed E-state index contributed by atoms with van der Waals surface area (Å²) in [5.74, 6) is 0.162. The molecule has 0 fully saturated rings. The first-order chi connectivity index (χ1) is 15.3. The summed E-state index contributed by atoms with van der Waals surface area (Å²) in [5.41, 5.74) is 2.69. The van der Waals surface area contributed by atoms with Crippen molar-refractivity contribution in [2.45, 2.75) is 24.7 Å². The highest BCUT2D eigenvalue weighted by atomic mass is 32.2. The Morgan fingerprint density at radius 3 is 2.41 bits per heavy atom. The van der Waals surface area contributed by atoms with Crippen LogP contribution in [0.1, 0.15) is 27.9 Å². The number of hydrogen-bond acceptors (Lipinski definition) is 4. The summed E-state index contributed by atoms with van der Waals surface area (Å²) in [6, 6.07) is 21.6. The van der Waals surface area contributed by atoms with Crippen molar-refractivity contribution in [3.8, 4) is 5.75 Å². The smallest absolute Gasteiger partial charge is 0.264 e. The molecule has 0 spiro atoms. The number of sulfonamides is 1. The van der Waals surface area contributed by atoms with Crippen molar-refractivity contribution >= 4 is 21.6 Å². The fraction of sp³-hybridized carbons (Fsp3) is 0.240. The third-order valence-corrected chi connectivity index (χ3v) is 7.07. The second kappa shape index (κ2) is 10.3. The zero-order valence-corrected chi connectivity index (χ0v) is 19.4. The fourth-order valence-electron chi connectivity index (χ4n) is 3.42. The van der Waals surface area contributed by atoms with E-state index < -0.39 is 10.0 Å². The molecule has 0 aliphatic carbocycles.